The second kappa shape index (κ2) is 10.9. The number of benzene rings is 1. The average Bonchev–Trinajstić information content (AvgIpc) is 2.91. The minimum absolute atomic E-state index is 0.104. The number of aryl methyl sites for hydroxylation is 1. The molecule has 7 nitrogen and oxygen atoms in total. The van der Waals surface area contributed by atoms with Gasteiger partial charge in [0.1, 0.15) is 0 Å². The number of carbonyl (C=O) groups excluding carboxylic acids is 1. The lowest BCUT2D eigenvalue weighted by atomic mass is 10.1. The number of carbonyl (C=O) groups is 1. The van der Waals surface area contributed by atoms with E-state index in [1.54, 1.807) is 24.3 Å². The molecular formula is C23H36N4O3S. The molecule has 0 aliphatic rings. The largest absolute Gasteiger partial charge is 0.326 e. The van der Waals surface area contributed by atoms with Gasteiger partial charge in [0.25, 0.3) is 0 Å². The molecule has 172 valence electrons. The van der Waals surface area contributed by atoms with Gasteiger partial charge in [0.2, 0.25) is 15.9 Å². The van der Waals surface area contributed by atoms with E-state index in [1.165, 1.54) is 0 Å². The highest BCUT2D eigenvalue weighted by molar-refractivity contribution is 7.88. The number of nitrogens with zero attached hydrogens (tertiary/aromatic N) is 2. The third-order valence-electron chi connectivity index (χ3n) is 5.23. The first-order chi connectivity index (χ1) is 14.5. The summed E-state index contributed by atoms with van der Waals surface area (Å²) < 4.78 is 29.2. The van der Waals surface area contributed by atoms with E-state index >= 15 is 0 Å². The Morgan fingerprint density at radius 3 is 2.55 bits per heavy atom. The van der Waals surface area contributed by atoms with E-state index < -0.39 is 10.0 Å². The maximum Gasteiger partial charge on any atom is 0.224 e. The maximum absolute atomic E-state index is 12.5. The molecule has 2 rings (SSSR count). The minimum atomic E-state index is -3.43. The fourth-order valence-electron chi connectivity index (χ4n) is 3.47. The quantitative estimate of drug-likeness (QED) is 0.544. The molecule has 2 aromatic rings. The number of hydrogen-bond donors (Lipinski definition) is 2. The molecule has 0 saturated heterocycles. The van der Waals surface area contributed by atoms with Crippen molar-refractivity contribution in [2.75, 3.05) is 5.32 Å². The van der Waals surface area contributed by atoms with Crippen LogP contribution in [0.3, 0.4) is 0 Å². The molecule has 1 aromatic carbocycles. The minimum Gasteiger partial charge on any atom is -0.326 e. The Balaban J connectivity index is 1.98. The molecule has 0 aliphatic carbocycles. The summed E-state index contributed by atoms with van der Waals surface area (Å²) in [6.07, 6.45) is 1.69. The Bertz CT molecular complexity index is 996. The highest BCUT2D eigenvalue weighted by Crippen LogP contribution is 2.18. The van der Waals surface area contributed by atoms with E-state index in [0.717, 1.165) is 29.9 Å². The molecule has 0 spiro atoms. The van der Waals surface area contributed by atoms with Crippen LogP contribution in [-0.4, -0.2) is 30.1 Å². The van der Waals surface area contributed by atoms with Crippen molar-refractivity contribution >= 4 is 21.6 Å². The summed E-state index contributed by atoms with van der Waals surface area (Å²) in [6, 6.07) is 6.89. The van der Waals surface area contributed by atoms with Crippen LogP contribution in [0.2, 0.25) is 0 Å². The van der Waals surface area contributed by atoms with Crippen molar-refractivity contribution in [2.24, 2.45) is 5.92 Å². The lowest BCUT2D eigenvalue weighted by Gasteiger charge is -2.13. The Morgan fingerprint density at radius 2 is 1.90 bits per heavy atom. The van der Waals surface area contributed by atoms with E-state index in [-0.39, 0.29) is 17.7 Å². The zero-order valence-electron chi connectivity index (χ0n) is 19.5. The summed E-state index contributed by atoms with van der Waals surface area (Å²) in [6.45, 7) is 13.0. The summed E-state index contributed by atoms with van der Waals surface area (Å²) in [5, 5.41) is 7.49. The van der Waals surface area contributed by atoms with Crippen LogP contribution < -0.4 is 10.0 Å². The third kappa shape index (κ3) is 7.78. The first kappa shape index (κ1) is 25.1. The van der Waals surface area contributed by atoms with E-state index in [1.807, 2.05) is 32.4 Å². The number of sulfonamides is 1. The van der Waals surface area contributed by atoms with Crippen molar-refractivity contribution in [2.45, 2.75) is 79.1 Å². The predicted molar refractivity (Wildman–Crippen MR) is 125 cm³/mol. The van der Waals surface area contributed by atoms with Crippen molar-refractivity contribution < 1.29 is 13.2 Å². The van der Waals surface area contributed by atoms with Crippen molar-refractivity contribution in [3.05, 3.63) is 46.8 Å². The van der Waals surface area contributed by atoms with E-state index in [4.69, 9.17) is 0 Å². The average molecular weight is 449 g/mol. The lowest BCUT2D eigenvalue weighted by Crippen LogP contribution is -2.32. The number of aromatic nitrogens is 2. The molecule has 0 fully saturated rings. The zero-order chi connectivity index (χ0) is 23.2. The van der Waals surface area contributed by atoms with E-state index in [0.29, 0.717) is 30.0 Å². The van der Waals surface area contributed by atoms with Gasteiger partial charge in [0.15, 0.2) is 0 Å². The van der Waals surface area contributed by atoms with Crippen molar-refractivity contribution in [3.63, 3.8) is 0 Å². The van der Waals surface area contributed by atoms with Crippen molar-refractivity contribution in [3.8, 4) is 0 Å². The van der Waals surface area contributed by atoms with Gasteiger partial charge in [-0.1, -0.05) is 32.9 Å². The predicted octanol–water partition coefficient (Wildman–Crippen LogP) is 3.95. The van der Waals surface area contributed by atoms with Gasteiger partial charge < -0.3 is 5.32 Å². The summed E-state index contributed by atoms with van der Waals surface area (Å²) in [4.78, 5) is 12.5. The normalized spacial score (nSPS) is 12.9. The molecule has 31 heavy (non-hydrogen) atoms. The van der Waals surface area contributed by atoms with Crippen molar-refractivity contribution in [1.29, 1.82) is 0 Å². The molecule has 2 N–H and O–H groups in total. The molecule has 1 aromatic heterocycles. The van der Waals surface area contributed by atoms with E-state index in [2.05, 4.69) is 29.0 Å². The molecule has 1 atom stereocenters. The van der Waals surface area contributed by atoms with Gasteiger partial charge in [-0.2, -0.15) is 5.10 Å². The summed E-state index contributed by atoms with van der Waals surface area (Å²) in [7, 11) is -3.43. The SMILES string of the molecule is CC[C@@H](C)NS(=O)(=O)Cc1cccc(NC(=O)CCc2c(C)nn(CC(C)C)c2C)c1. The van der Waals surface area contributed by atoms with Crippen LogP contribution in [0.5, 0.6) is 0 Å². The second-order valence-corrected chi connectivity index (χ2v) is 10.4. The highest BCUT2D eigenvalue weighted by atomic mass is 32.2. The smallest absolute Gasteiger partial charge is 0.224 e. The number of anilines is 1. The highest BCUT2D eigenvalue weighted by Gasteiger charge is 2.16. The molecule has 0 aliphatic heterocycles. The third-order valence-corrected chi connectivity index (χ3v) is 6.71. The molecule has 0 unspecified atom stereocenters. The Hall–Kier alpha value is -2.19. The number of amides is 1. The van der Waals surface area contributed by atoms with Gasteiger partial charge in [0, 0.05) is 30.4 Å². The fraction of sp³-hybridized carbons (Fsp3) is 0.565. The van der Waals surface area contributed by atoms with Crippen LogP contribution in [0.4, 0.5) is 5.69 Å². The number of rotatable bonds is 11. The Kier molecular flexibility index (Phi) is 8.82. The van der Waals surface area contributed by atoms with Gasteiger partial charge in [0.05, 0.1) is 11.4 Å². The number of hydrogen-bond acceptors (Lipinski definition) is 4. The molecule has 0 saturated carbocycles. The van der Waals surface area contributed by atoms with Gasteiger partial charge >= 0.3 is 0 Å². The van der Waals surface area contributed by atoms with Gasteiger partial charge in [-0.05, 0) is 62.8 Å². The lowest BCUT2D eigenvalue weighted by molar-refractivity contribution is -0.116. The first-order valence-electron chi connectivity index (χ1n) is 10.9. The fourth-order valence-corrected chi connectivity index (χ4v) is 4.95. The van der Waals surface area contributed by atoms with Crippen LogP contribution >= 0.6 is 0 Å². The standard InChI is InChI=1S/C23H36N4O3S/c1-7-17(4)26-31(29,30)15-20-9-8-10-21(13-20)24-23(28)12-11-22-18(5)25-27(19(22)6)14-16(2)3/h8-10,13,16-17,26H,7,11-12,14-15H2,1-6H3,(H,24,28)/t17-/m1/s1. The van der Waals surface area contributed by atoms with Crippen LogP contribution in [0.25, 0.3) is 0 Å². The van der Waals surface area contributed by atoms with Crippen LogP contribution in [0.1, 0.15) is 63.1 Å². The summed E-state index contributed by atoms with van der Waals surface area (Å²) >= 11 is 0. The van der Waals surface area contributed by atoms with Gasteiger partial charge in [-0.25, -0.2) is 13.1 Å². The van der Waals surface area contributed by atoms with Gasteiger partial charge in [-0.15, -0.1) is 0 Å². The zero-order valence-corrected chi connectivity index (χ0v) is 20.3. The van der Waals surface area contributed by atoms with Crippen LogP contribution in [-0.2, 0) is 33.5 Å². The monoisotopic (exact) mass is 448 g/mol. The molecule has 1 amide bonds. The Morgan fingerprint density at radius 1 is 1.19 bits per heavy atom. The van der Waals surface area contributed by atoms with Crippen LogP contribution in [0, 0.1) is 19.8 Å². The molecule has 1 heterocycles. The first-order valence-corrected chi connectivity index (χ1v) is 12.6. The number of nitrogens with one attached hydrogen (secondary N) is 2. The van der Waals surface area contributed by atoms with Gasteiger partial charge in [-0.3, -0.25) is 9.48 Å². The summed E-state index contributed by atoms with van der Waals surface area (Å²) in [5.41, 5.74) is 4.43. The molecule has 0 radical (unpaired) electrons. The van der Waals surface area contributed by atoms with Crippen molar-refractivity contribution in [1.82, 2.24) is 14.5 Å². The second-order valence-electron chi connectivity index (χ2n) is 8.66. The summed E-state index contributed by atoms with van der Waals surface area (Å²) in [5.74, 6) is 0.285. The van der Waals surface area contributed by atoms with E-state index in [9.17, 15) is 13.2 Å². The maximum atomic E-state index is 12.5. The molecule has 0 bridgehead atoms. The van der Waals surface area contributed by atoms with Crippen LogP contribution in [0.15, 0.2) is 24.3 Å². The topological polar surface area (TPSA) is 93.1 Å². The molecular weight excluding hydrogens is 412 g/mol. The molecule has 8 heteroatoms. The Labute approximate surface area is 186 Å².